The van der Waals surface area contributed by atoms with E-state index in [0.29, 0.717) is 5.54 Å². The van der Waals surface area contributed by atoms with Gasteiger partial charge in [0.25, 0.3) is 0 Å². The SMILES string of the molecule is CCCCCCCCC(C)[Si](Cl)(Cl)Cl. The Morgan fingerprint density at radius 2 is 1.43 bits per heavy atom. The van der Waals surface area contributed by atoms with E-state index in [2.05, 4.69) is 13.8 Å². The Hall–Kier alpha value is 1.09. The topological polar surface area (TPSA) is 0 Å². The van der Waals surface area contributed by atoms with Crippen molar-refractivity contribution in [2.75, 3.05) is 0 Å². The van der Waals surface area contributed by atoms with Gasteiger partial charge in [-0.25, -0.2) is 0 Å². The third-order valence-corrected chi connectivity index (χ3v) is 7.31. The van der Waals surface area contributed by atoms with Gasteiger partial charge in [0.15, 0.2) is 0 Å². The molecule has 0 aliphatic rings. The van der Waals surface area contributed by atoms with Crippen molar-refractivity contribution < 1.29 is 0 Å². The summed E-state index contributed by atoms with van der Waals surface area (Å²) in [6.07, 6.45) is 8.93. The van der Waals surface area contributed by atoms with E-state index in [1.165, 1.54) is 38.5 Å². The van der Waals surface area contributed by atoms with Crippen LogP contribution < -0.4 is 0 Å². The standard InChI is InChI=1S/C10H21Cl3Si/c1-3-4-5-6-7-8-9-10(2)14(11,12)13/h10H,3-9H2,1-2H3. The quantitative estimate of drug-likeness (QED) is 0.299. The smallest absolute Gasteiger partial charge is 0.126 e. The lowest BCUT2D eigenvalue weighted by molar-refractivity contribution is 0.583. The van der Waals surface area contributed by atoms with E-state index in [-0.39, 0.29) is 0 Å². The van der Waals surface area contributed by atoms with E-state index < -0.39 is 6.00 Å². The molecule has 86 valence electrons. The molecule has 0 spiro atoms. The molecule has 0 aliphatic heterocycles. The van der Waals surface area contributed by atoms with Crippen LogP contribution in [0.15, 0.2) is 0 Å². The largest absolute Gasteiger partial charge is 0.344 e. The van der Waals surface area contributed by atoms with Crippen LogP contribution in [0, 0.1) is 0 Å². The maximum absolute atomic E-state index is 5.92. The van der Waals surface area contributed by atoms with Crippen LogP contribution in [0.3, 0.4) is 0 Å². The predicted molar refractivity (Wildman–Crippen MR) is 70.7 cm³/mol. The molecular formula is C10H21Cl3Si. The molecular weight excluding hydrogens is 255 g/mol. The number of hydrogen-bond donors (Lipinski definition) is 0. The molecule has 0 N–H and O–H groups in total. The van der Waals surface area contributed by atoms with E-state index in [9.17, 15) is 0 Å². The minimum absolute atomic E-state index is 0.304. The third kappa shape index (κ3) is 8.40. The molecule has 0 aromatic heterocycles. The van der Waals surface area contributed by atoms with Gasteiger partial charge in [-0.2, -0.15) is 0 Å². The van der Waals surface area contributed by atoms with Gasteiger partial charge in [-0.1, -0.05) is 52.4 Å². The molecule has 0 heterocycles. The monoisotopic (exact) mass is 274 g/mol. The highest BCUT2D eigenvalue weighted by Gasteiger charge is 2.32. The normalized spacial score (nSPS) is 14.4. The molecule has 0 radical (unpaired) electrons. The summed E-state index contributed by atoms with van der Waals surface area (Å²) in [6.45, 7) is 4.29. The van der Waals surface area contributed by atoms with Crippen LogP contribution in [0.2, 0.25) is 5.54 Å². The lowest BCUT2D eigenvalue weighted by atomic mass is 10.1. The number of rotatable bonds is 8. The van der Waals surface area contributed by atoms with E-state index in [0.717, 1.165) is 6.42 Å². The van der Waals surface area contributed by atoms with Gasteiger partial charge in [0, 0.05) is 0 Å². The van der Waals surface area contributed by atoms with Crippen LogP contribution in [-0.4, -0.2) is 6.00 Å². The van der Waals surface area contributed by atoms with Crippen molar-refractivity contribution in [3.63, 3.8) is 0 Å². The number of hydrogen-bond acceptors (Lipinski definition) is 0. The third-order valence-electron chi connectivity index (χ3n) is 2.55. The molecule has 0 aliphatic carbocycles. The number of unbranched alkanes of at least 4 members (excludes halogenated alkanes) is 5. The summed E-state index contributed by atoms with van der Waals surface area (Å²) in [6, 6.07) is -2.42. The Balaban J connectivity index is 3.28. The van der Waals surface area contributed by atoms with Crippen molar-refractivity contribution in [2.24, 2.45) is 0 Å². The molecule has 0 bridgehead atoms. The summed E-state index contributed by atoms with van der Waals surface area (Å²) in [5, 5.41) is 0. The minimum Gasteiger partial charge on any atom is -0.126 e. The summed E-state index contributed by atoms with van der Waals surface area (Å²) < 4.78 is 0. The van der Waals surface area contributed by atoms with Crippen LogP contribution >= 0.6 is 33.2 Å². The predicted octanol–water partition coefficient (Wildman–Crippen LogP) is 5.78. The molecule has 1 atom stereocenters. The average molecular weight is 276 g/mol. The van der Waals surface area contributed by atoms with Gasteiger partial charge in [0.1, 0.15) is 0 Å². The first-order chi connectivity index (χ1) is 6.48. The van der Waals surface area contributed by atoms with Crippen LogP contribution in [0.5, 0.6) is 0 Å². The Morgan fingerprint density at radius 1 is 0.929 bits per heavy atom. The molecule has 0 aromatic rings. The molecule has 4 heteroatoms. The summed E-state index contributed by atoms with van der Waals surface area (Å²) in [4.78, 5) is 0. The van der Waals surface area contributed by atoms with Gasteiger partial charge in [-0.3, -0.25) is 0 Å². The van der Waals surface area contributed by atoms with Crippen LogP contribution in [0.4, 0.5) is 0 Å². The van der Waals surface area contributed by atoms with Crippen molar-refractivity contribution >= 4 is 39.2 Å². The second-order valence-electron chi connectivity index (χ2n) is 4.00. The molecule has 0 amide bonds. The average Bonchev–Trinajstić information content (AvgIpc) is 2.09. The molecule has 0 rings (SSSR count). The maximum atomic E-state index is 5.92. The lowest BCUT2D eigenvalue weighted by Gasteiger charge is -2.16. The molecule has 14 heavy (non-hydrogen) atoms. The summed E-state index contributed by atoms with van der Waals surface area (Å²) in [7, 11) is 0. The highest BCUT2D eigenvalue weighted by molar-refractivity contribution is 7.65. The van der Waals surface area contributed by atoms with Crippen molar-refractivity contribution in [1.29, 1.82) is 0 Å². The Morgan fingerprint density at radius 3 is 1.93 bits per heavy atom. The Bertz CT molecular complexity index is 134. The van der Waals surface area contributed by atoms with E-state index in [1.807, 2.05) is 0 Å². The highest BCUT2D eigenvalue weighted by Crippen LogP contribution is 2.36. The van der Waals surface area contributed by atoms with Gasteiger partial charge in [-0.05, 0) is 12.0 Å². The zero-order valence-electron chi connectivity index (χ0n) is 9.16. The Kier molecular flexibility index (Phi) is 8.90. The van der Waals surface area contributed by atoms with Gasteiger partial charge in [0.2, 0.25) is 0 Å². The van der Waals surface area contributed by atoms with Gasteiger partial charge in [0.05, 0.1) is 0 Å². The van der Waals surface area contributed by atoms with Crippen molar-refractivity contribution in [3.8, 4) is 0 Å². The zero-order valence-corrected chi connectivity index (χ0v) is 12.4. The summed E-state index contributed by atoms with van der Waals surface area (Å²) in [5.41, 5.74) is 0.304. The fourth-order valence-electron chi connectivity index (χ4n) is 1.39. The van der Waals surface area contributed by atoms with Crippen molar-refractivity contribution in [3.05, 3.63) is 0 Å². The summed E-state index contributed by atoms with van der Waals surface area (Å²) >= 11 is 17.7. The maximum Gasteiger partial charge on any atom is 0.344 e. The fraction of sp³-hybridized carbons (Fsp3) is 1.00. The first-order valence-electron chi connectivity index (χ1n) is 5.55. The van der Waals surface area contributed by atoms with Crippen LogP contribution in [0.25, 0.3) is 0 Å². The van der Waals surface area contributed by atoms with Gasteiger partial charge < -0.3 is 0 Å². The molecule has 0 saturated carbocycles. The van der Waals surface area contributed by atoms with Crippen molar-refractivity contribution in [1.82, 2.24) is 0 Å². The van der Waals surface area contributed by atoms with Crippen LogP contribution in [-0.2, 0) is 0 Å². The molecule has 0 fully saturated rings. The second kappa shape index (κ2) is 8.26. The second-order valence-corrected chi connectivity index (χ2v) is 13.2. The first-order valence-corrected chi connectivity index (χ1v) is 10.7. The lowest BCUT2D eigenvalue weighted by Crippen LogP contribution is -2.16. The fourth-order valence-corrected chi connectivity index (χ4v) is 2.91. The summed E-state index contributed by atoms with van der Waals surface area (Å²) in [5.74, 6) is 0. The zero-order chi connectivity index (χ0) is 11.0. The van der Waals surface area contributed by atoms with Gasteiger partial charge >= 0.3 is 6.00 Å². The highest BCUT2D eigenvalue weighted by atomic mass is 35.8. The Labute approximate surface area is 103 Å². The van der Waals surface area contributed by atoms with E-state index in [1.54, 1.807) is 0 Å². The molecule has 1 unspecified atom stereocenters. The molecule has 0 aromatic carbocycles. The van der Waals surface area contributed by atoms with E-state index >= 15 is 0 Å². The minimum atomic E-state index is -2.42. The first kappa shape index (κ1) is 15.1. The molecule has 0 saturated heterocycles. The molecule has 0 nitrogen and oxygen atoms in total. The number of halogens is 3. The van der Waals surface area contributed by atoms with Crippen molar-refractivity contribution in [2.45, 2.75) is 64.3 Å². The van der Waals surface area contributed by atoms with Gasteiger partial charge in [-0.15, -0.1) is 33.2 Å². The van der Waals surface area contributed by atoms with Crippen LogP contribution in [0.1, 0.15) is 58.8 Å². The van der Waals surface area contributed by atoms with E-state index in [4.69, 9.17) is 33.2 Å².